The molecule has 1 unspecified atom stereocenters. The average Bonchev–Trinajstić information content (AvgIpc) is 2.17. The third kappa shape index (κ3) is 4.08. The van der Waals surface area contributed by atoms with Gasteiger partial charge in [-0.2, -0.15) is 0 Å². The van der Waals surface area contributed by atoms with Crippen LogP contribution in [0.3, 0.4) is 0 Å². The van der Waals surface area contributed by atoms with E-state index < -0.39 is 11.6 Å². The van der Waals surface area contributed by atoms with Gasteiger partial charge in [-0.05, 0) is 20.8 Å². The number of aliphatic hydroxyl groups is 1. The monoisotopic (exact) mass is 229 g/mol. The van der Waals surface area contributed by atoms with Crippen molar-refractivity contribution in [1.29, 1.82) is 0 Å². The SMILES string of the molecule is CC(O)C(C)(C)NC(=O)CN1CCNCC1. The number of nitrogens with one attached hydrogen (secondary N) is 2. The van der Waals surface area contributed by atoms with Crippen molar-refractivity contribution in [3.05, 3.63) is 0 Å². The minimum atomic E-state index is -0.564. The van der Waals surface area contributed by atoms with Crippen LogP contribution in [-0.4, -0.2) is 60.3 Å². The van der Waals surface area contributed by atoms with Gasteiger partial charge in [0.15, 0.2) is 0 Å². The summed E-state index contributed by atoms with van der Waals surface area (Å²) in [5.74, 6) is -0.0206. The fourth-order valence-corrected chi connectivity index (χ4v) is 1.58. The molecule has 0 aromatic rings. The van der Waals surface area contributed by atoms with Crippen molar-refractivity contribution in [1.82, 2.24) is 15.5 Å². The molecular formula is C11H23N3O2. The molecule has 0 spiro atoms. The fourth-order valence-electron chi connectivity index (χ4n) is 1.58. The first-order valence-corrected chi connectivity index (χ1v) is 5.84. The molecule has 0 bridgehead atoms. The molecule has 0 saturated carbocycles. The molecule has 0 radical (unpaired) electrons. The van der Waals surface area contributed by atoms with E-state index in [0.717, 1.165) is 26.2 Å². The number of rotatable bonds is 4. The summed E-state index contributed by atoms with van der Waals surface area (Å²) in [7, 11) is 0. The van der Waals surface area contributed by atoms with Gasteiger partial charge < -0.3 is 15.7 Å². The van der Waals surface area contributed by atoms with E-state index in [-0.39, 0.29) is 5.91 Å². The summed E-state index contributed by atoms with van der Waals surface area (Å²) in [4.78, 5) is 13.9. The highest BCUT2D eigenvalue weighted by molar-refractivity contribution is 5.78. The van der Waals surface area contributed by atoms with Crippen molar-refractivity contribution in [3.8, 4) is 0 Å². The van der Waals surface area contributed by atoms with Crippen LogP contribution in [0.15, 0.2) is 0 Å². The molecule has 1 rings (SSSR count). The maximum absolute atomic E-state index is 11.7. The molecule has 94 valence electrons. The molecule has 5 nitrogen and oxygen atoms in total. The van der Waals surface area contributed by atoms with E-state index in [1.54, 1.807) is 6.92 Å². The Morgan fingerprint density at radius 1 is 1.50 bits per heavy atom. The molecule has 1 heterocycles. The van der Waals surface area contributed by atoms with Gasteiger partial charge in [-0.1, -0.05) is 0 Å². The van der Waals surface area contributed by atoms with Crippen LogP contribution in [0.4, 0.5) is 0 Å². The van der Waals surface area contributed by atoms with Crippen LogP contribution in [0, 0.1) is 0 Å². The maximum Gasteiger partial charge on any atom is 0.234 e. The van der Waals surface area contributed by atoms with Gasteiger partial charge in [-0.15, -0.1) is 0 Å². The molecule has 0 aromatic carbocycles. The molecule has 0 aliphatic carbocycles. The Labute approximate surface area is 97.2 Å². The number of aliphatic hydroxyl groups excluding tert-OH is 1. The van der Waals surface area contributed by atoms with E-state index >= 15 is 0 Å². The number of hydrogen-bond donors (Lipinski definition) is 3. The summed E-state index contributed by atoms with van der Waals surface area (Å²) in [6, 6.07) is 0. The third-order valence-electron chi connectivity index (χ3n) is 3.08. The van der Waals surface area contributed by atoms with Gasteiger partial charge in [0.05, 0.1) is 18.2 Å². The van der Waals surface area contributed by atoms with Gasteiger partial charge in [0.25, 0.3) is 0 Å². The maximum atomic E-state index is 11.7. The molecule has 1 amide bonds. The van der Waals surface area contributed by atoms with Crippen molar-refractivity contribution in [3.63, 3.8) is 0 Å². The highest BCUT2D eigenvalue weighted by atomic mass is 16.3. The van der Waals surface area contributed by atoms with E-state index in [9.17, 15) is 9.90 Å². The summed E-state index contributed by atoms with van der Waals surface area (Å²) >= 11 is 0. The quantitative estimate of drug-likeness (QED) is 0.588. The van der Waals surface area contributed by atoms with E-state index in [4.69, 9.17) is 0 Å². The lowest BCUT2D eigenvalue weighted by molar-refractivity contribution is -0.125. The molecule has 1 fully saturated rings. The smallest absolute Gasteiger partial charge is 0.234 e. The van der Waals surface area contributed by atoms with Gasteiger partial charge in [-0.25, -0.2) is 0 Å². The minimum absolute atomic E-state index is 0.0206. The van der Waals surface area contributed by atoms with E-state index in [1.807, 2.05) is 13.8 Å². The predicted molar refractivity (Wildman–Crippen MR) is 63.2 cm³/mol. The number of hydrogen-bond acceptors (Lipinski definition) is 4. The lowest BCUT2D eigenvalue weighted by Gasteiger charge is -2.32. The van der Waals surface area contributed by atoms with Gasteiger partial charge in [-0.3, -0.25) is 9.69 Å². The van der Waals surface area contributed by atoms with Crippen LogP contribution in [0.2, 0.25) is 0 Å². The van der Waals surface area contributed by atoms with Crippen molar-refractivity contribution in [2.75, 3.05) is 32.7 Å². The van der Waals surface area contributed by atoms with Gasteiger partial charge in [0.2, 0.25) is 5.91 Å². The van der Waals surface area contributed by atoms with E-state index in [0.29, 0.717) is 6.54 Å². The highest BCUT2D eigenvalue weighted by Gasteiger charge is 2.26. The molecule has 1 atom stereocenters. The van der Waals surface area contributed by atoms with Gasteiger partial charge in [0, 0.05) is 26.2 Å². The number of piperazine rings is 1. The molecule has 1 aliphatic heterocycles. The van der Waals surface area contributed by atoms with E-state index in [2.05, 4.69) is 15.5 Å². The largest absolute Gasteiger partial charge is 0.391 e. The highest BCUT2D eigenvalue weighted by Crippen LogP contribution is 2.08. The molecule has 16 heavy (non-hydrogen) atoms. The topological polar surface area (TPSA) is 64.6 Å². The normalized spacial score (nSPS) is 20.5. The molecule has 1 aliphatic rings. The van der Waals surface area contributed by atoms with Gasteiger partial charge in [0.1, 0.15) is 0 Å². The Kier molecular flexibility index (Phi) is 4.70. The van der Waals surface area contributed by atoms with Crippen LogP contribution in [0.1, 0.15) is 20.8 Å². The lowest BCUT2D eigenvalue weighted by atomic mass is 9.99. The zero-order chi connectivity index (χ0) is 12.2. The summed E-state index contributed by atoms with van der Waals surface area (Å²) in [5, 5.41) is 15.6. The molecular weight excluding hydrogens is 206 g/mol. The number of carbonyl (C=O) groups is 1. The molecule has 0 aromatic heterocycles. The summed E-state index contributed by atoms with van der Waals surface area (Å²) in [6.07, 6.45) is -0.556. The number of amides is 1. The van der Waals surface area contributed by atoms with Crippen LogP contribution >= 0.6 is 0 Å². The van der Waals surface area contributed by atoms with Gasteiger partial charge >= 0.3 is 0 Å². The zero-order valence-corrected chi connectivity index (χ0v) is 10.4. The van der Waals surface area contributed by atoms with Crippen LogP contribution in [-0.2, 0) is 4.79 Å². The first-order valence-electron chi connectivity index (χ1n) is 5.84. The standard InChI is InChI=1S/C11H23N3O2/c1-9(15)11(2,3)13-10(16)8-14-6-4-12-5-7-14/h9,12,15H,4-8H2,1-3H3,(H,13,16). The Bertz CT molecular complexity index is 235. The molecule has 5 heteroatoms. The second-order valence-corrected chi connectivity index (χ2v) is 4.97. The fraction of sp³-hybridized carbons (Fsp3) is 0.909. The first-order chi connectivity index (χ1) is 7.42. The molecule has 1 saturated heterocycles. The summed E-state index contributed by atoms with van der Waals surface area (Å²) < 4.78 is 0. The zero-order valence-electron chi connectivity index (χ0n) is 10.4. The van der Waals surface area contributed by atoms with Crippen LogP contribution < -0.4 is 10.6 Å². The second-order valence-electron chi connectivity index (χ2n) is 4.97. The second kappa shape index (κ2) is 5.61. The minimum Gasteiger partial charge on any atom is -0.391 e. The third-order valence-corrected chi connectivity index (χ3v) is 3.08. The summed E-state index contributed by atoms with van der Waals surface area (Å²) in [6.45, 7) is 9.44. The van der Waals surface area contributed by atoms with Crippen molar-refractivity contribution in [2.24, 2.45) is 0 Å². The number of carbonyl (C=O) groups excluding carboxylic acids is 1. The Morgan fingerprint density at radius 3 is 2.56 bits per heavy atom. The Balaban J connectivity index is 2.34. The predicted octanol–water partition coefficient (Wildman–Crippen LogP) is -0.833. The first kappa shape index (κ1) is 13.4. The lowest BCUT2D eigenvalue weighted by Crippen LogP contribution is -2.55. The average molecular weight is 229 g/mol. The van der Waals surface area contributed by atoms with Crippen molar-refractivity contribution in [2.45, 2.75) is 32.4 Å². The Morgan fingerprint density at radius 2 is 2.06 bits per heavy atom. The van der Waals surface area contributed by atoms with E-state index in [1.165, 1.54) is 0 Å². The molecule has 3 N–H and O–H groups in total. The Hall–Kier alpha value is -0.650. The van der Waals surface area contributed by atoms with Crippen LogP contribution in [0.25, 0.3) is 0 Å². The van der Waals surface area contributed by atoms with Crippen molar-refractivity contribution < 1.29 is 9.90 Å². The number of nitrogens with zero attached hydrogens (tertiary/aromatic N) is 1. The van der Waals surface area contributed by atoms with Crippen LogP contribution in [0.5, 0.6) is 0 Å². The van der Waals surface area contributed by atoms with Crippen molar-refractivity contribution >= 4 is 5.91 Å². The summed E-state index contributed by atoms with van der Waals surface area (Å²) in [5.41, 5.74) is -0.564.